The molecule has 0 aliphatic carbocycles. The van der Waals surface area contributed by atoms with Crippen LogP contribution in [0.25, 0.3) is 11.3 Å². The number of hydrogen-bond acceptors (Lipinski definition) is 5. The zero-order valence-corrected chi connectivity index (χ0v) is 12.0. The van der Waals surface area contributed by atoms with Crippen LogP contribution in [0.4, 0.5) is 0 Å². The average Bonchev–Trinajstić information content (AvgIpc) is 2.88. The quantitative estimate of drug-likeness (QED) is 0.801. The number of esters is 1. The molecule has 0 spiro atoms. The summed E-state index contributed by atoms with van der Waals surface area (Å²) in [6, 6.07) is 3.77. The Balaban J connectivity index is 2.13. The van der Waals surface area contributed by atoms with Crippen molar-refractivity contribution in [3.63, 3.8) is 0 Å². The van der Waals surface area contributed by atoms with Gasteiger partial charge in [0.05, 0.1) is 11.1 Å². The molecule has 0 aliphatic heterocycles. The molecular formula is C14H16N2O2S. The van der Waals surface area contributed by atoms with Crippen LogP contribution in [0.15, 0.2) is 29.9 Å². The zero-order chi connectivity index (χ0) is 13.9. The molecule has 0 fully saturated rings. The Morgan fingerprint density at radius 3 is 2.89 bits per heavy atom. The molecule has 4 nitrogen and oxygen atoms in total. The molecule has 0 radical (unpaired) electrons. The van der Waals surface area contributed by atoms with Gasteiger partial charge in [0.15, 0.2) is 0 Å². The number of carbonyl (C=O) groups excluding carboxylic acids is 1. The number of thiazole rings is 1. The van der Waals surface area contributed by atoms with Gasteiger partial charge in [0.2, 0.25) is 0 Å². The molecule has 0 bridgehead atoms. The minimum Gasteiger partial charge on any atom is -0.397 e. The summed E-state index contributed by atoms with van der Waals surface area (Å²) in [6.07, 6.45) is 4.17. The highest BCUT2D eigenvalue weighted by molar-refractivity contribution is 7.11. The second-order valence-electron chi connectivity index (χ2n) is 4.87. The van der Waals surface area contributed by atoms with E-state index in [0.29, 0.717) is 5.19 Å². The molecule has 0 unspecified atom stereocenters. The van der Waals surface area contributed by atoms with Crippen molar-refractivity contribution >= 4 is 17.3 Å². The molecule has 2 rings (SSSR count). The van der Waals surface area contributed by atoms with Crippen LogP contribution in [-0.2, 0) is 4.79 Å². The first-order valence-electron chi connectivity index (χ1n) is 6.11. The summed E-state index contributed by atoms with van der Waals surface area (Å²) >= 11 is 1.32. The Hall–Kier alpha value is -1.75. The Bertz CT molecular complexity index is 564. The summed E-state index contributed by atoms with van der Waals surface area (Å²) in [5.74, 6) is -0.248. The van der Waals surface area contributed by atoms with Gasteiger partial charge in [-0.1, -0.05) is 18.3 Å². The van der Waals surface area contributed by atoms with E-state index in [1.165, 1.54) is 11.3 Å². The lowest BCUT2D eigenvalue weighted by Crippen LogP contribution is -2.28. The Kier molecular flexibility index (Phi) is 3.95. The van der Waals surface area contributed by atoms with Gasteiger partial charge < -0.3 is 4.74 Å². The molecule has 0 aromatic carbocycles. The zero-order valence-electron chi connectivity index (χ0n) is 11.2. The maximum Gasteiger partial charge on any atom is 0.318 e. The number of nitrogens with zero attached hydrogens (tertiary/aromatic N) is 2. The molecule has 0 aliphatic rings. The fourth-order valence-electron chi connectivity index (χ4n) is 1.31. The number of pyridine rings is 1. The summed E-state index contributed by atoms with van der Waals surface area (Å²) in [7, 11) is 0. The maximum atomic E-state index is 11.9. The number of carbonyl (C=O) groups is 1. The number of hydrogen-bond donors (Lipinski definition) is 0. The highest BCUT2D eigenvalue weighted by Crippen LogP contribution is 2.28. The van der Waals surface area contributed by atoms with E-state index in [2.05, 4.69) is 9.97 Å². The van der Waals surface area contributed by atoms with Crippen molar-refractivity contribution in [3.8, 4) is 16.5 Å². The molecule has 100 valence electrons. The standard InChI is InChI=1S/C14H16N2O2S/c1-4-14(2,3)12(17)18-13-16-11(9-19-13)10-6-5-7-15-8-10/h5-9H,4H2,1-3H3. The Morgan fingerprint density at radius 2 is 2.26 bits per heavy atom. The van der Waals surface area contributed by atoms with Crippen LogP contribution in [0, 0.1) is 5.41 Å². The third kappa shape index (κ3) is 3.17. The van der Waals surface area contributed by atoms with E-state index in [4.69, 9.17) is 4.74 Å². The van der Waals surface area contributed by atoms with E-state index < -0.39 is 5.41 Å². The predicted molar refractivity (Wildman–Crippen MR) is 75.1 cm³/mol. The van der Waals surface area contributed by atoms with Gasteiger partial charge in [0, 0.05) is 23.3 Å². The minimum absolute atomic E-state index is 0.248. The fraction of sp³-hybridized carbons (Fsp3) is 0.357. The van der Waals surface area contributed by atoms with Crippen molar-refractivity contribution in [1.29, 1.82) is 0 Å². The number of ether oxygens (including phenoxy) is 1. The number of rotatable bonds is 4. The van der Waals surface area contributed by atoms with Crippen molar-refractivity contribution in [2.75, 3.05) is 0 Å². The lowest BCUT2D eigenvalue weighted by molar-refractivity contribution is -0.144. The SMILES string of the molecule is CCC(C)(C)C(=O)Oc1nc(-c2cccnc2)cs1. The molecule has 0 saturated carbocycles. The monoisotopic (exact) mass is 276 g/mol. The number of aromatic nitrogens is 2. The summed E-state index contributed by atoms with van der Waals surface area (Å²) < 4.78 is 5.32. The Morgan fingerprint density at radius 1 is 1.47 bits per heavy atom. The second-order valence-corrected chi connectivity index (χ2v) is 5.69. The molecule has 5 heteroatoms. The lowest BCUT2D eigenvalue weighted by Gasteiger charge is -2.18. The van der Waals surface area contributed by atoms with Crippen molar-refractivity contribution in [2.45, 2.75) is 27.2 Å². The molecule has 0 N–H and O–H groups in total. The molecule has 2 heterocycles. The van der Waals surface area contributed by atoms with Crippen LogP contribution in [0.2, 0.25) is 0 Å². The van der Waals surface area contributed by atoms with E-state index in [9.17, 15) is 4.79 Å². The first kappa shape index (κ1) is 13.7. The third-order valence-electron chi connectivity index (χ3n) is 3.06. The molecule has 2 aromatic rings. The van der Waals surface area contributed by atoms with Crippen molar-refractivity contribution in [3.05, 3.63) is 29.9 Å². The van der Waals surface area contributed by atoms with E-state index in [0.717, 1.165) is 17.7 Å². The summed E-state index contributed by atoms with van der Waals surface area (Å²) in [6.45, 7) is 5.69. The average molecular weight is 276 g/mol. The Labute approximate surface area is 116 Å². The molecule has 0 atom stereocenters. The summed E-state index contributed by atoms with van der Waals surface area (Å²) in [5.41, 5.74) is 1.20. The molecule has 0 amide bonds. The van der Waals surface area contributed by atoms with Gasteiger partial charge in [0.1, 0.15) is 0 Å². The lowest BCUT2D eigenvalue weighted by atomic mass is 9.91. The van der Waals surface area contributed by atoms with Crippen molar-refractivity contribution in [1.82, 2.24) is 9.97 Å². The van der Waals surface area contributed by atoms with E-state index in [1.54, 1.807) is 12.4 Å². The minimum atomic E-state index is -0.486. The molecular weight excluding hydrogens is 260 g/mol. The van der Waals surface area contributed by atoms with Gasteiger partial charge in [-0.2, -0.15) is 0 Å². The van der Waals surface area contributed by atoms with Gasteiger partial charge in [-0.15, -0.1) is 0 Å². The molecule has 2 aromatic heterocycles. The summed E-state index contributed by atoms with van der Waals surface area (Å²) in [4.78, 5) is 20.3. The van der Waals surface area contributed by atoms with Gasteiger partial charge in [-0.3, -0.25) is 9.78 Å². The van der Waals surface area contributed by atoms with Crippen LogP contribution >= 0.6 is 11.3 Å². The smallest absolute Gasteiger partial charge is 0.318 e. The maximum absolute atomic E-state index is 11.9. The molecule has 19 heavy (non-hydrogen) atoms. The predicted octanol–water partition coefficient (Wildman–Crippen LogP) is 3.55. The molecule has 0 saturated heterocycles. The second kappa shape index (κ2) is 5.48. The third-order valence-corrected chi connectivity index (χ3v) is 3.77. The van der Waals surface area contributed by atoms with Gasteiger partial charge in [-0.05, 0) is 32.4 Å². The van der Waals surface area contributed by atoms with Crippen LogP contribution in [0.5, 0.6) is 5.19 Å². The van der Waals surface area contributed by atoms with Gasteiger partial charge >= 0.3 is 5.97 Å². The normalized spacial score (nSPS) is 11.3. The van der Waals surface area contributed by atoms with E-state index >= 15 is 0 Å². The van der Waals surface area contributed by atoms with E-state index in [-0.39, 0.29) is 5.97 Å². The van der Waals surface area contributed by atoms with Crippen LogP contribution in [0.1, 0.15) is 27.2 Å². The fourth-order valence-corrected chi connectivity index (χ4v) is 1.99. The first-order valence-corrected chi connectivity index (χ1v) is 6.99. The van der Waals surface area contributed by atoms with Crippen LogP contribution < -0.4 is 4.74 Å². The van der Waals surface area contributed by atoms with E-state index in [1.807, 2.05) is 38.3 Å². The highest BCUT2D eigenvalue weighted by Gasteiger charge is 2.28. The highest BCUT2D eigenvalue weighted by atomic mass is 32.1. The van der Waals surface area contributed by atoms with Crippen LogP contribution in [0.3, 0.4) is 0 Å². The van der Waals surface area contributed by atoms with Crippen LogP contribution in [-0.4, -0.2) is 15.9 Å². The largest absolute Gasteiger partial charge is 0.397 e. The summed E-state index contributed by atoms with van der Waals surface area (Å²) in [5, 5.41) is 2.24. The van der Waals surface area contributed by atoms with Gasteiger partial charge in [0.25, 0.3) is 5.19 Å². The first-order chi connectivity index (χ1) is 9.03. The van der Waals surface area contributed by atoms with Crippen molar-refractivity contribution in [2.24, 2.45) is 5.41 Å². The van der Waals surface area contributed by atoms with Gasteiger partial charge in [-0.25, -0.2) is 4.98 Å². The van der Waals surface area contributed by atoms with Crippen molar-refractivity contribution < 1.29 is 9.53 Å². The topological polar surface area (TPSA) is 52.1 Å².